The molecule has 2 rings (SSSR count). The molecule has 1 fully saturated rings. The summed E-state index contributed by atoms with van der Waals surface area (Å²) >= 11 is 0. The first-order valence-corrected chi connectivity index (χ1v) is 7.72. The Labute approximate surface area is 125 Å². The molecule has 0 bridgehead atoms. The number of carboxylic acids is 1. The first-order chi connectivity index (χ1) is 9.82. The van der Waals surface area contributed by atoms with E-state index in [4.69, 9.17) is 0 Å². The number of carbonyl (C=O) groups excluding carboxylic acids is 2. The topological polar surface area (TPSA) is 71.4 Å². The summed E-state index contributed by atoms with van der Waals surface area (Å²) in [5.74, 6) is 0.243. The van der Waals surface area contributed by atoms with E-state index in [1.165, 1.54) is 12.5 Å². The maximum absolute atomic E-state index is 11.9. The van der Waals surface area contributed by atoms with Crippen LogP contribution in [0.2, 0.25) is 0 Å². The average molecular weight is 292 g/mol. The van der Waals surface area contributed by atoms with Crippen LogP contribution in [0, 0.1) is 17.3 Å². The Balaban J connectivity index is 1.94. The molecule has 0 aromatic rings. The lowest BCUT2D eigenvalue weighted by Gasteiger charge is -2.52. The number of rotatable bonds is 8. The molecule has 21 heavy (non-hydrogen) atoms. The molecule has 2 aliphatic carbocycles. The number of aliphatic carboxylic acids is 1. The molecule has 0 aromatic heterocycles. The Morgan fingerprint density at radius 2 is 2.00 bits per heavy atom. The number of Topliss-reactive ketones (excluding diaryl/α,β-unsaturated/α-hetero) is 2. The molecule has 2 aliphatic rings. The number of carboxylic acid groups (broad SMARTS) is 1. The predicted molar refractivity (Wildman–Crippen MR) is 78.8 cm³/mol. The molecular formula is C17H24O4. The summed E-state index contributed by atoms with van der Waals surface area (Å²) < 4.78 is 0. The molecule has 0 amide bonds. The van der Waals surface area contributed by atoms with E-state index in [2.05, 4.69) is 13.0 Å². The van der Waals surface area contributed by atoms with Crippen LogP contribution in [-0.2, 0) is 14.4 Å². The van der Waals surface area contributed by atoms with Gasteiger partial charge in [-0.25, -0.2) is 0 Å². The van der Waals surface area contributed by atoms with Crippen LogP contribution in [0.4, 0.5) is 0 Å². The van der Waals surface area contributed by atoms with Gasteiger partial charge in [0.25, 0.3) is 0 Å². The second-order valence-corrected chi connectivity index (χ2v) is 6.88. The zero-order valence-corrected chi connectivity index (χ0v) is 12.9. The van der Waals surface area contributed by atoms with E-state index in [9.17, 15) is 19.5 Å². The molecule has 4 heteroatoms. The van der Waals surface area contributed by atoms with Crippen molar-refractivity contribution >= 4 is 17.5 Å². The van der Waals surface area contributed by atoms with Crippen molar-refractivity contribution in [2.24, 2.45) is 17.3 Å². The van der Waals surface area contributed by atoms with E-state index >= 15 is 0 Å². The maximum atomic E-state index is 11.9. The van der Waals surface area contributed by atoms with Crippen molar-refractivity contribution in [2.75, 3.05) is 0 Å². The van der Waals surface area contributed by atoms with Gasteiger partial charge in [-0.1, -0.05) is 11.6 Å². The monoisotopic (exact) mass is 292 g/mol. The Hall–Kier alpha value is -1.45. The predicted octanol–water partition coefficient (Wildman–Crippen LogP) is 3.15. The zero-order chi connectivity index (χ0) is 15.6. The zero-order valence-electron chi connectivity index (χ0n) is 12.9. The van der Waals surface area contributed by atoms with Crippen LogP contribution in [-0.4, -0.2) is 22.6 Å². The van der Waals surface area contributed by atoms with Crippen molar-refractivity contribution < 1.29 is 19.5 Å². The minimum Gasteiger partial charge on any atom is -0.481 e. The Kier molecular flexibility index (Phi) is 4.64. The lowest BCUT2D eigenvalue weighted by atomic mass is 9.51. The molecule has 0 radical (unpaired) electrons. The van der Waals surface area contributed by atoms with Crippen molar-refractivity contribution in [3.8, 4) is 0 Å². The minimum atomic E-state index is -0.775. The quantitative estimate of drug-likeness (QED) is 0.698. The second kappa shape index (κ2) is 6.12. The summed E-state index contributed by atoms with van der Waals surface area (Å²) in [4.78, 5) is 34.0. The number of hydrogen-bond acceptors (Lipinski definition) is 3. The lowest BCUT2D eigenvalue weighted by molar-refractivity contribution is -0.146. The average Bonchev–Trinajstić information content (AvgIpc) is 2.68. The first kappa shape index (κ1) is 15.9. The molecule has 0 aromatic carbocycles. The van der Waals surface area contributed by atoms with Crippen molar-refractivity contribution in [1.82, 2.24) is 0 Å². The standard InChI is InChI=1S/C17H24O4/c1-11-7-13-9-17(10-16(20)21,15(13)8-11)6-5-14(19)4-3-12(2)18/h8,13,15H,3-7,9-10H2,1-2H3,(H,20,21). The first-order valence-electron chi connectivity index (χ1n) is 7.72. The molecule has 3 unspecified atom stereocenters. The number of hydrogen-bond donors (Lipinski definition) is 1. The lowest BCUT2D eigenvalue weighted by Crippen LogP contribution is -2.46. The van der Waals surface area contributed by atoms with Crippen LogP contribution in [0.1, 0.15) is 58.8 Å². The van der Waals surface area contributed by atoms with Gasteiger partial charge >= 0.3 is 5.97 Å². The van der Waals surface area contributed by atoms with Crippen LogP contribution in [0.15, 0.2) is 11.6 Å². The molecular weight excluding hydrogens is 268 g/mol. The molecule has 0 heterocycles. The summed E-state index contributed by atoms with van der Waals surface area (Å²) in [5, 5.41) is 9.19. The van der Waals surface area contributed by atoms with Gasteiger partial charge in [0.2, 0.25) is 0 Å². The van der Waals surface area contributed by atoms with E-state index < -0.39 is 5.97 Å². The van der Waals surface area contributed by atoms with Gasteiger partial charge in [0.1, 0.15) is 11.6 Å². The third-order valence-electron chi connectivity index (χ3n) is 5.09. The molecule has 1 saturated carbocycles. The largest absolute Gasteiger partial charge is 0.481 e. The highest BCUT2D eigenvalue weighted by atomic mass is 16.4. The third kappa shape index (κ3) is 3.60. The van der Waals surface area contributed by atoms with Crippen LogP contribution >= 0.6 is 0 Å². The molecule has 116 valence electrons. The highest BCUT2D eigenvalue weighted by Gasteiger charge is 2.54. The van der Waals surface area contributed by atoms with Gasteiger partial charge in [0, 0.05) is 19.3 Å². The maximum Gasteiger partial charge on any atom is 0.303 e. The van der Waals surface area contributed by atoms with Gasteiger partial charge in [-0.2, -0.15) is 0 Å². The van der Waals surface area contributed by atoms with Crippen molar-refractivity contribution in [1.29, 1.82) is 0 Å². The summed E-state index contributed by atoms with van der Waals surface area (Å²) in [5.41, 5.74) is 1.11. The Bertz CT molecular complexity index is 491. The number of carbonyl (C=O) groups is 3. The Morgan fingerprint density at radius 3 is 2.57 bits per heavy atom. The summed E-state index contributed by atoms with van der Waals surface area (Å²) in [6.07, 6.45) is 5.99. The summed E-state index contributed by atoms with van der Waals surface area (Å²) in [6, 6.07) is 0. The fourth-order valence-electron chi connectivity index (χ4n) is 4.10. The highest BCUT2D eigenvalue weighted by molar-refractivity contribution is 5.84. The molecule has 0 spiro atoms. The SMILES string of the molecule is CC(=O)CCC(=O)CCC1(CC(=O)O)CC2CC(C)=CC21. The van der Waals surface area contributed by atoms with Crippen LogP contribution in [0.25, 0.3) is 0 Å². The van der Waals surface area contributed by atoms with Crippen LogP contribution in [0.3, 0.4) is 0 Å². The third-order valence-corrected chi connectivity index (χ3v) is 5.09. The number of fused-ring (bicyclic) bond motifs is 1. The van der Waals surface area contributed by atoms with Gasteiger partial charge in [-0.15, -0.1) is 0 Å². The molecule has 1 N–H and O–H groups in total. The van der Waals surface area contributed by atoms with Gasteiger partial charge in [-0.3, -0.25) is 9.59 Å². The van der Waals surface area contributed by atoms with E-state index in [-0.39, 0.29) is 23.4 Å². The Morgan fingerprint density at radius 1 is 1.29 bits per heavy atom. The molecule has 0 aliphatic heterocycles. The van der Waals surface area contributed by atoms with Gasteiger partial charge in [-0.05, 0) is 50.4 Å². The fourth-order valence-corrected chi connectivity index (χ4v) is 4.10. The van der Waals surface area contributed by atoms with Crippen molar-refractivity contribution in [2.45, 2.75) is 58.8 Å². The highest BCUT2D eigenvalue weighted by Crippen LogP contribution is 2.61. The summed E-state index contributed by atoms with van der Waals surface area (Å²) in [6.45, 7) is 3.59. The summed E-state index contributed by atoms with van der Waals surface area (Å²) in [7, 11) is 0. The number of ketones is 2. The van der Waals surface area contributed by atoms with E-state index in [1.807, 2.05) is 0 Å². The van der Waals surface area contributed by atoms with Gasteiger partial charge < -0.3 is 9.90 Å². The molecule has 3 atom stereocenters. The normalized spacial score (nSPS) is 30.3. The second-order valence-electron chi connectivity index (χ2n) is 6.88. The molecule has 4 nitrogen and oxygen atoms in total. The van der Waals surface area contributed by atoms with E-state index in [0.717, 1.165) is 12.8 Å². The fraction of sp³-hybridized carbons (Fsp3) is 0.706. The molecule has 0 saturated heterocycles. The van der Waals surface area contributed by atoms with Gasteiger partial charge in [0.05, 0.1) is 6.42 Å². The van der Waals surface area contributed by atoms with Crippen molar-refractivity contribution in [3.05, 3.63) is 11.6 Å². The number of allylic oxidation sites excluding steroid dienone is 2. The van der Waals surface area contributed by atoms with E-state index in [1.54, 1.807) is 0 Å². The van der Waals surface area contributed by atoms with Crippen LogP contribution in [0.5, 0.6) is 0 Å². The van der Waals surface area contributed by atoms with Crippen LogP contribution < -0.4 is 0 Å². The van der Waals surface area contributed by atoms with Gasteiger partial charge in [0.15, 0.2) is 0 Å². The van der Waals surface area contributed by atoms with Crippen molar-refractivity contribution in [3.63, 3.8) is 0 Å². The minimum absolute atomic E-state index is 0.0293. The van der Waals surface area contributed by atoms with E-state index in [0.29, 0.717) is 37.5 Å². The smallest absolute Gasteiger partial charge is 0.303 e.